The first-order chi connectivity index (χ1) is 13.2. The third kappa shape index (κ3) is 4.42. The van der Waals surface area contributed by atoms with Gasteiger partial charge in [-0.1, -0.05) is 42.5 Å². The molecule has 0 unspecified atom stereocenters. The Balaban J connectivity index is 2.05. The summed E-state index contributed by atoms with van der Waals surface area (Å²) in [5.74, 6) is -0.403. The molecule has 1 aliphatic rings. The molecular formula is C23H29N3O2. The van der Waals surface area contributed by atoms with E-state index in [4.69, 9.17) is 5.73 Å². The molecule has 2 amide bonds. The van der Waals surface area contributed by atoms with E-state index < -0.39 is 6.04 Å². The van der Waals surface area contributed by atoms with Gasteiger partial charge in [-0.25, -0.2) is 0 Å². The van der Waals surface area contributed by atoms with Crippen molar-refractivity contribution in [1.82, 2.24) is 5.32 Å². The molecule has 2 aromatic carbocycles. The van der Waals surface area contributed by atoms with Gasteiger partial charge in [-0.3, -0.25) is 9.59 Å². The summed E-state index contributed by atoms with van der Waals surface area (Å²) in [5, 5.41) is 2.94. The van der Waals surface area contributed by atoms with Gasteiger partial charge in [0.2, 0.25) is 11.8 Å². The van der Waals surface area contributed by atoms with Crippen LogP contribution < -0.4 is 16.0 Å². The number of fused-ring (bicyclic) bond motifs is 1. The monoisotopic (exact) mass is 379 g/mol. The average molecular weight is 380 g/mol. The SMILES string of the molecule is Cc1ccc2c(c1)N(CC(=O)NC(C)(C)C)C(=O)[C@@H](N)C[C@H]2c1ccccc1. The zero-order valence-corrected chi connectivity index (χ0v) is 17.0. The van der Waals surface area contributed by atoms with Gasteiger partial charge in [0.1, 0.15) is 6.54 Å². The second-order valence-electron chi connectivity index (χ2n) is 8.59. The molecule has 28 heavy (non-hydrogen) atoms. The molecule has 0 spiro atoms. The molecular weight excluding hydrogens is 350 g/mol. The minimum Gasteiger partial charge on any atom is -0.350 e. The first kappa shape index (κ1) is 20.1. The Hall–Kier alpha value is -2.66. The topological polar surface area (TPSA) is 75.4 Å². The summed E-state index contributed by atoms with van der Waals surface area (Å²) >= 11 is 0. The van der Waals surface area contributed by atoms with Crippen LogP contribution in [-0.2, 0) is 9.59 Å². The molecule has 0 saturated heterocycles. The zero-order chi connectivity index (χ0) is 20.5. The van der Waals surface area contributed by atoms with Gasteiger partial charge in [-0.15, -0.1) is 0 Å². The van der Waals surface area contributed by atoms with Crippen molar-refractivity contribution in [2.75, 3.05) is 11.4 Å². The number of nitrogens with one attached hydrogen (secondary N) is 1. The van der Waals surface area contributed by atoms with E-state index in [9.17, 15) is 9.59 Å². The van der Waals surface area contributed by atoms with Crippen LogP contribution in [0.15, 0.2) is 48.5 Å². The van der Waals surface area contributed by atoms with E-state index in [1.807, 2.05) is 58.0 Å². The summed E-state index contributed by atoms with van der Waals surface area (Å²) in [6.07, 6.45) is 0.510. The van der Waals surface area contributed by atoms with Gasteiger partial charge in [0.15, 0.2) is 0 Å². The second kappa shape index (κ2) is 7.76. The second-order valence-corrected chi connectivity index (χ2v) is 8.59. The Kier molecular flexibility index (Phi) is 5.57. The van der Waals surface area contributed by atoms with Crippen LogP contribution in [0, 0.1) is 6.92 Å². The number of carbonyl (C=O) groups excluding carboxylic acids is 2. The van der Waals surface area contributed by atoms with Gasteiger partial charge < -0.3 is 16.0 Å². The maximum atomic E-state index is 13.1. The van der Waals surface area contributed by atoms with Gasteiger partial charge in [-0.2, -0.15) is 0 Å². The summed E-state index contributed by atoms with van der Waals surface area (Å²) in [7, 11) is 0. The largest absolute Gasteiger partial charge is 0.350 e. The van der Waals surface area contributed by atoms with Crippen molar-refractivity contribution in [3.63, 3.8) is 0 Å². The lowest BCUT2D eigenvalue weighted by atomic mass is 9.86. The van der Waals surface area contributed by atoms with Gasteiger partial charge >= 0.3 is 0 Å². The smallest absolute Gasteiger partial charge is 0.244 e. The fraction of sp³-hybridized carbons (Fsp3) is 0.391. The maximum absolute atomic E-state index is 13.1. The summed E-state index contributed by atoms with van der Waals surface area (Å²) in [6.45, 7) is 7.71. The highest BCUT2D eigenvalue weighted by Gasteiger charge is 2.35. The first-order valence-corrected chi connectivity index (χ1v) is 9.69. The third-order valence-corrected chi connectivity index (χ3v) is 4.94. The van der Waals surface area contributed by atoms with Crippen molar-refractivity contribution in [2.24, 2.45) is 5.73 Å². The minimum absolute atomic E-state index is 0.00595. The van der Waals surface area contributed by atoms with Crippen molar-refractivity contribution in [3.05, 3.63) is 65.2 Å². The average Bonchev–Trinajstić information content (AvgIpc) is 2.71. The maximum Gasteiger partial charge on any atom is 0.244 e. The lowest BCUT2D eigenvalue weighted by Crippen LogP contribution is -2.50. The molecule has 2 atom stereocenters. The third-order valence-electron chi connectivity index (χ3n) is 4.94. The Morgan fingerprint density at radius 1 is 1.18 bits per heavy atom. The number of carbonyl (C=O) groups is 2. The van der Waals surface area contributed by atoms with E-state index >= 15 is 0 Å². The van der Waals surface area contributed by atoms with Crippen LogP contribution in [0.2, 0.25) is 0 Å². The molecule has 0 bridgehead atoms. The number of benzene rings is 2. The lowest BCUT2D eigenvalue weighted by Gasteiger charge is -2.27. The summed E-state index contributed by atoms with van der Waals surface area (Å²) < 4.78 is 0. The predicted molar refractivity (Wildman–Crippen MR) is 112 cm³/mol. The van der Waals surface area contributed by atoms with Crippen LogP contribution in [0.4, 0.5) is 5.69 Å². The fourth-order valence-electron chi connectivity index (χ4n) is 3.75. The first-order valence-electron chi connectivity index (χ1n) is 9.69. The zero-order valence-electron chi connectivity index (χ0n) is 17.0. The molecule has 0 radical (unpaired) electrons. The molecule has 3 rings (SSSR count). The fourth-order valence-corrected chi connectivity index (χ4v) is 3.75. The summed E-state index contributed by atoms with van der Waals surface area (Å²) in [5.41, 5.74) is 9.89. The van der Waals surface area contributed by atoms with E-state index in [0.717, 1.165) is 22.4 Å². The molecule has 0 fully saturated rings. The van der Waals surface area contributed by atoms with E-state index in [1.54, 1.807) is 4.90 Å². The molecule has 1 heterocycles. The quantitative estimate of drug-likeness (QED) is 0.860. The van der Waals surface area contributed by atoms with E-state index in [1.165, 1.54) is 0 Å². The van der Waals surface area contributed by atoms with E-state index in [-0.39, 0.29) is 29.8 Å². The van der Waals surface area contributed by atoms with Crippen LogP contribution in [0.5, 0.6) is 0 Å². The van der Waals surface area contributed by atoms with Gasteiger partial charge in [-0.05, 0) is 56.9 Å². The van der Waals surface area contributed by atoms with Crippen LogP contribution in [0.3, 0.4) is 0 Å². The highest BCUT2D eigenvalue weighted by molar-refractivity contribution is 6.03. The van der Waals surface area contributed by atoms with Crippen molar-refractivity contribution >= 4 is 17.5 Å². The Labute approximate surface area is 166 Å². The molecule has 148 valence electrons. The van der Waals surface area contributed by atoms with Crippen LogP contribution >= 0.6 is 0 Å². The number of nitrogens with two attached hydrogens (primary N) is 1. The Morgan fingerprint density at radius 2 is 1.86 bits per heavy atom. The number of hydrogen-bond acceptors (Lipinski definition) is 3. The standard InChI is InChI=1S/C23H29N3O2/c1-15-10-11-17-18(16-8-6-5-7-9-16)13-19(24)22(28)26(20(17)12-15)14-21(27)25-23(2,3)4/h5-12,18-19H,13-14,24H2,1-4H3,(H,25,27)/t18-,19-/m0/s1. The highest BCUT2D eigenvalue weighted by atomic mass is 16.2. The molecule has 5 nitrogen and oxygen atoms in total. The lowest BCUT2D eigenvalue weighted by molar-refractivity contribution is -0.125. The molecule has 0 saturated carbocycles. The number of amides is 2. The normalized spacial score (nSPS) is 19.8. The van der Waals surface area contributed by atoms with E-state index in [0.29, 0.717) is 6.42 Å². The van der Waals surface area contributed by atoms with Crippen molar-refractivity contribution in [2.45, 2.75) is 51.6 Å². The van der Waals surface area contributed by atoms with Crippen molar-refractivity contribution < 1.29 is 9.59 Å². The number of rotatable bonds is 3. The molecule has 1 aliphatic heterocycles. The van der Waals surface area contributed by atoms with Gasteiger partial charge in [0, 0.05) is 17.1 Å². The number of aryl methyl sites for hydroxylation is 1. The van der Waals surface area contributed by atoms with Crippen LogP contribution in [0.1, 0.15) is 49.8 Å². The number of anilines is 1. The van der Waals surface area contributed by atoms with Gasteiger partial charge in [0.25, 0.3) is 0 Å². The molecule has 5 heteroatoms. The van der Waals surface area contributed by atoms with E-state index in [2.05, 4.69) is 23.5 Å². The molecule has 3 N–H and O–H groups in total. The Morgan fingerprint density at radius 3 is 2.50 bits per heavy atom. The van der Waals surface area contributed by atoms with Crippen molar-refractivity contribution in [1.29, 1.82) is 0 Å². The van der Waals surface area contributed by atoms with Crippen LogP contribution in [0.25, 0.3) is 0 Å². The predicted octanol–water partition coefficient (Wildman–Crippen LogP) is 3.11. The number of nitrogens with zero attached hydrogens (tertiary/aromatic N) is 1. The molecule has 0 aromatic heterocycles. The van der Waals surface area contributed by atoms with Crippen molar-refractivity contribution in [3.8, 4) is 0 Å². The Bertz CT molecular complexity index is 871. The molecule has 0 aliphatic carbocycles. The minimum atomic E-state index is -0.666. The summed E-state index contributed by atoms with van der Waals surface area (Å²) in [4.78, 5) is 27.3. The summed E-state index contributed by atoms with van der Waals surface area (Å²) in [6, 6.07) is 15.5. The number of hydrogen-bond donors (Lipinski definition) is 2. The highest BCUT2D eigenvalue weighted by Crippen LogP contribution is 2.39. The molecule has 2 aromatic rings. The van der Waals surface area contributed by atoms with Gasteiger partial charge in [0.05, 0.1) is 6.04 Å². The van der Waals surface area contributed by atoms with Crippen LogP contribution in [-0.4, -0.2) is 29.9 Å².